The van der Waals surface area contributed by atoms with Crippen LogP contribution in [-0.2, 0) is 4.79 Å². The summed E-state index contributed by atoms with van der Waals surface area (Å²) in [6.45, 7) is 4.46. The average molecular weight is 301 g/mol. The van der Waals surface area contributed by atoms with Crippen LogP contribution in [0.15, 0.2) is 35.3 Å². The Hall–Kier alpha value is -2.45. The van der Waals surface area contributed by atoms with Crippen LogP contribution in [0.5, 0.6) is 0 Å². The van der Waals surface area contributed by atoms with Gasteiger partial charge in [0.25, 0.3) is 0 Å². The molecule has 0 radical (unpaired) electrons. The Balaban J connectivity index is 0.00000211. The number of aliphatic carboxylic acids is 1. The maximum atomic E-state index is 10.9. The minimum absolute atomic E-state index is 0.438. The molecule has 3 N–H and O–H groups in total. The van der Waals surface area contributed by atoms with Crippen molar-refractivity contribution >= 4 is 18.3 Å². The minimum atomic E-state index is -0.943. The maximum Gasteiger partial charge on any atom is 0.328 e. The van der Waals surface area contributed by atoms with E-state index in [2.05, 4.69) is 4.99 Å². The zero-order valence-electron chi connectivity index (χ0n) is 13.1. The summed E-state index contributed by atoms with van der Waals surface area (Å²) in [6.07, 6.45) is 6.03. The van der Waals surface area contributed by atoms with E-state index in [4.69, 9.17) is 16.1 Å². The predicted octanol–water partition coefficient (Wildman–Crippen LogP) is 2.86. The number of rotatable bonds is 7. The standard InChI is InChI=1S/C15H17N3O2.C2H6/c16-9-1-4-14(15(19)20)18-10-2-3-12-5-7-13(11-17)8-6-12;1-2/h2-3,5-8,10,14H,1,4,9,16H2,(H,19,20);1-2H3/b3-2+,18-10?;. The average Bonchev–Trinajstić information content (AvgIpc) is 2.56. The van der Waals surface area contributed by atoms with E-state index in [0.29, 0.717) is 24.9 Å². The monoisotopic (exact) mass is 301 g/mol. The molecule has 118 valence electrons. The van der Waals surface area contributed by atoms with Crippen LogP contribution in [0.2, 0.25) is 0 Å². The second-order valence-electron chi connectivity index (χ2n) is 4.18. The van der Waals surface area contributed by atoms with Crippen molar-refractivity contribution < 1.29 is 9.90 Å². The van der Waals surface area contributed by atoms with Gasteiger partial charge in [0.05, 0.1) is 11.6 Å². The first-order valence-electron chi connectivity index (χ1n) is 7.30. The number of hydrogen-bond donors (Lipinski definition) is 2. The zero-order valence-corrected chi connectivity index (χ0v) is 13.1. The number of benzene rings is 1. The molecule has 0 aliphatic heterocycles. The van der Waals surface area contributed by atoms with Gasteiger partial charge in [0.15, 0.2) is 0 Å². The largest absolute Gasteiger partial charge is 0.480 e. The molecule has 5 nitrogen and oxygen atoms in total. The van der Waals surface area contributed by atoms with Crippen LogP contribution in [0, 0.1) is 11.3 Å². The summed E-state index contributed by atoms with van der Waals surface area (Å²) < 4.78 is 0. The van der Waals surface area contributed by atoms with Gasteiger partial charge in [-0.25, -0.2) is 4.79 Å². The third kappa shape index (κ3) is 7.98. The first-order chi connectivity index (χ1) is 10.7. The topological polar surface area (TPSA) is 99.5 Å². The third-order valence-corrected chi connectivity index (χ3v) is 2.65. The summed E-state index contributed by atoms with van der Waals surface area (Å²) in [7, 11) is 0. The van der Waals surface area contributed by atoms with E-state index in [-0.39, 0.29) is 0 Å². The molecule has 0 saturated carbocycles. The summed E-state index contributed by atoms with van der Waals surface area (Å²) in [6, 6.07) is 8.36. The van der Waals surface area contributed by atoms with Gasteiger partial charge in [0.1, 0.15) is 6.04 Å². The molecule has 0 spiro atoms. The van der Waals surface area contributed by atoms with Gasteiger partial charge in [0, 0.05) is 6.21 Å². The van der Waals surface area contributed by atoms with Gasteiger partial charge < -0.3 is 10.8 Å². The highest BCUT2D eigenvalue weighted by atomic mass is 16.4. The van der Waals surface area contributed by atoms with Crippen molar-refractivity contribution in [3.63, 3.8) is 0 Å². The van der Waals surface area contributed by atoms with Crippen LogP contribution in [0.25, 0.3) is 6.08 Å². The fraction of sp³-hybridized carbons (Fsp3) is 0.353. The van der Waals surface area contributed by atoms with Crippen LogP contribution in [0.1, 0.15) is 37.8 Å². The molecule has 1 aromatic carbocycles. The SMILES string of the molecule is CC.N#Cc1ccc(/C=C/C=NC(CCCN)C(=O)O)cc1. The van der Waals surface area contributed by atoms with Crippen molar-refractivity contribution in [1.82, 2.24) is 0 Å². The van der Waals surface area contributed by atoms with E-state index in [0.717, 1.165) is 5.56 Å². The molecule has 1 rings (SSSR count). The molecule has 0 fully saturated rings. The van der Waals surface area contributed by atoms with Crippen LogP contribution < -0.4 is 5.73 Å². The van der Waals surface area contributed by atoms with E-state index in [9.17, 15) is 4.79 Å². The lowest BCUT2D eigenvalue weighted by Gasteiger charge is -2.04. The fourth-order valence-corrected chi connectivity index (χ4v) is 1.55. The Morgan fingerprint density at radius 3 is 2.55 bits per heavy atom. The van der Waals surface area contributed by atoms with Gasteiger partial charge in [-0.2, -0.15) is 5.26 Å². The van der Waals surface area contributed by atoms with E-state index >= 15 is 0 Å². The van der Waals surface area contributed by atoms with Crippen molar-refractivity contribution in [2.45, 2.75) is 32.7 Å². The maximum absolute atomic E-state index is 10.9. The molecule has 0 saturated heterocycles. The second-order valence-corrected chi connectivity index (χ2v) is 4.18. The van der Waals surface area contributed by atoms with Gasteiger partial charge in [-0.15, -0.1) is 0 Å². The van der Waals surface area contributed by atoms with Gasteiger partial charge in [0.2, 0.25) is 0 Å². The second kappa shape index (κ2) is 12.3. The molecule has 0 bridgehead atoms. The minimum Gasteiger partial charge on any atom is -0.480 e. The molecule has 0 heterocycles. The Morgan fingerprint density at radius 1 is 1.41 bits per heavy atom. The van der Waals surface area contributed by atoms with Crippen molar-refractivity contribution in [2.24, 2.45) is 10.7 Å². The van der Waals surface area contributed by atoms with Crippen LogP contribution >= 0.6 is 0 Å². The Kier molecular flexibility index (Phi) is 10.9. The molecular weight excluding hydrogens is 278 g/mol. The van der Waals surface area contributed by atoms with Crippen LogP contribution in [0.4, 0.5) is 0 Å². The molecule has 0 aromatic heterocycles. The van der Waals surface area contributed by atoms with Crippen molar-refractivity contribution in [1.29, 1.82) is 5.26 Å². The molecule has 1 atom stereocenters. The highest BCUT2D eigenvalue weighted by Crippen LogP contribution is 2.05. The molecular formula is C17H23N3O2. The number of nitrogens with zero attached hydrogens (tertiary/aromatic N) is 2. The molecule has 0 aliphatic carbocycles. The first-order valence-corrected chi connectivity index (χ1v) is 7.30. The number of carbonyl (C=O) groups is 1. The van der Waals surface area contributed by atoms with E-state index in [1.165, 1.54) is 6.21 Å². The summed E-state index contributed by atoms with van der Waals surface area (Å²) >= 11 is 0. The normalized spacial score (nSPS) is 11.7. The predicted molar refractivity (Wildman–Crippen MR) is 89.7 cm³/mol. The lowest BCUT2D eigenvalue weighted by molar-refractivity contribution is -0.138. The molecule has 1 aromatic rings. The quantitative estimate of drug-likeness (QED) is 0.756. The van der Waals surface area contributed by atoms with Crippen LogP contribution in [0.3, 0.4) is 0 Å². The van der Waals surface area contributed by atoms with E-state index in [1.54, 1.807) is 24.3 Å². The van der Waals surface area contributed by atoms with E-state index in [1.807, 2.05) is 32.0 Å². The lowest BCUT2D eigenvalue weighted by atomic mass is 10.1. The molecule has 1 unspecified atom stereocenters. The lowest BCUT2D eigenvalue weighted by Crippen LogP contribution is -2.19. The summed E-state index contributed by atoms with van der Waals surface area (Å²) in [5, 5.41) is 17.6. The zero-order chi connectivity index (χ0) is 16.8. The molecule has 5 heteroatoms. The summed E-state index contributed by atoms with van der Waals surface area (Å²) in [4.78, 5) is 14.9. The van der Waals surface area contributed by atoms with Crippen molar-refractivity contribution in [3.05, 3.63) is 41.5 Å². The highest BCUT2D eigenvalue weighted by Gasteiger charge is 2.13. The Labute approximate surface area is 131 Å². The van der Waals surface area contributed by atoms with E-state index < -0.39 is 12.0 Å². The first kappa shape index (κ1) is 19.6. The third-order valence-electron chi connectivity index (χ3n) is 2.65. The Morgan fingerprint density at radius 2 is 2.05 bits per heavy atom. The summed E-state index contributed by atoms with van der Waals surface area (Å²) in [5.74, 6) is -0.943. The smallest absolute Gasteiger partial charge is 0.328 e. The number of nitrogens with two attached hydrogens (primary N) is 1. The van der Waals surface area contributed by atoms with Gasteiger partial charge in [-0.05, 0) is 43.2 Å². The molecule has 0 aliphatic rings. The van der Waals surface area contributed by atoms with Gasteiger partial charge in [-0.1, -0.05) is 32.1 Å². The summed E-state index contributed by atoms with van der Waals surface area (Å²) in [5.41, 5.74) is 6.87. The van der Waals surface area contributed by atoms with Crippen LogP contribution in [-0.4, -0.2) is 29.9 Å². The van der Waals surface area contributed by atoms with Gasteiger partial charge in [-0.3, -0.25) is 4.99 Å². The number of allylic oxidation sites excluding steroid dienone is 1. The number of nitriles is 1. The fourth-order valence-electron chi connectivity index (χ4n) is 1.55. The van der Waals surface area contributed by atoms with Gasteiger partial charge >= 0.3 is 5.97 Å². The number of carboxylic acids is 1. The van der Waals surface area contributed by atoms with Crippen molar-refractivity contribution in [2.75, 3.05) is 6.54 Å². The molecule has 0 amide bonds. The Bertz CT molecular complexity index is 528. The van der Waals surface area contributed by atoms with Crippen molar-refractivity contribution in [3.8, 4) is 6.07 Å². The number of hydrogen-bond acceptors (Lipinski definition) is 4. The molecule has 22 heavy (non-hydrogen) atoms. The number of carboxylic acid groups (broad SMARTS) is 1. The highest BCUT2D eigenvalue weighted by molar-refractivity contribution is 5.82. The number of aliphatic imine (C=N–C) groups is 1.